The Hall–Kier alpha value is -0.610. The molecule has 0 aliphatic carbocycles. The highest BCUT2D eigenvalue weighted by atomic mass is 16.3. The van der Waals surface area contributed by atoms with Gasteiger partial charge in [0.25, 0.3) is 0 Å². The predicted molar refractivity (Wildman–Crippen MR) is 68.7 cm³/mol. The fourth-order valence-electron chi connectivity index (χ4n) is 1.99. The molecule has 17 heavy (non-hydrogen) atoms. The lowest BCUT2D eigenvalue weighted by Gasteiger charge is -2.24. The molecule has 1 aliphatic heterocycles. The van der Waals surface area contributed by atoms with Crippen molar-refractivity contribution < 1.29 is 9.90 Å². The number of rotatable bonds is 6. The first-order valence-electron chi connectivity index (χ1n) is 6.62. The second-order valence-corrected chi connectivity index (χ2v) is 5.85. The summed E-state index contributed by atoms with van der Waals surface area (Å²) in [5.41, 5.74) is -0.220. The first-order valence-corrected chi connectivity index (χ1v) is 6.62. The van der Waals surface area contributed by atoms with Crippen molar-refractivity contribution in [3.05, 3.63) is 0 Å². The molecule has 0 spiro atoms. The predicted octanol–water partition coefficient (Wildman–Crippen LogP) is 0.901. The van der Waals surface area contributed by atoms with Crippen LogP contribution < -0.4 is 10.6 Å². The molecular formula is C13H26N2O2. The Morgan fingerprint density at radius 2 is 2.29 bits per heavy atom. The van der Waals surface area contributed by atoms with Gasteiger partial charge in [-0.2, -0.15) is 0 Å². The van der Waals surface area contributed by atoms with E-state index in [1.807, 2.05) is 13.8 Å². The van der Waals surface area contributed by atoms with E-state index in [-0.39, 0.29) is 17.9 Å². The van der Waals surface area contributed by atoms with Gasteiger partial charge < -0.3 is 15.7 Å². The standard InChI is InChI=1S/C13H26N2O2/c1-13(2,10-16)9-15-12(17)6-5-11-4-3-7-14-8-11/h11,14,16H,3-10H2,1-2H3,(H,15,17). The van der Waals surface area contributed by atoms with E-state index < -0.39 is 0 Å². The third kappa shape index (κ3) is 6.03. The van der Waals surface area contributed by atoms with Gasteiger partial charge in [-0.25, -0.2) is 0 Å². The van der Waals surface area contributed by atoms with E-state index in [4.69, 9.17) is 5.11 Å². The zero-order valence-corrected chi connectivity index (χ0v) is 11.1. The third-order valence-electron chi connectivity index (χ3n) is 3.37. The first-order chi connectivity index (χ1) is 8.03. The number of hydrogen-bond acceptors (Lipinski definition) is 3. The molecule has 1 amide bonds. The minimum Gasteiger partial charge on any atom is -0.396 e. The van der Waals surface area contributed by atoms with E-state index in [1.54, 1.807) is 0 Å². The van der Waals surface area contributed by atoms with E-state index in [0.717, 1.165) is 19.5 Å². The molecule has 0 aromatic carbocycles. The summed E-state index contributed by atoms with van der Waals surface area (Å²) in [7, 11) is 0. The van der Waals surface area contributed by atoms with Crippen molar-refractivity contribution >= 4 is 5.91 Å². The van der Waals surface area contributed by atoms with E-state index in [9.17, 15) is 4.79 Å². The van der Waals surface area contributed by atoms with Crippen LogP contribution in [0.5, 0.6) is 0 Å². The summed E-state index contributed by atoms with van der Waals surface area (Å²) in [4.78, 5) is 11.6. The van der Waals surface area contributed by atoms with Crippen LogP contribution in [0.25, 0.3) is 0 Å². The smallest absolute Gasteiger partial charge is 0.220 e. The molecule has 0 aromatic rings. The molecule has 0 radical (unpaired) electrons. The maximum atomic E-state index is 11.6. The highest BCUT2D eigenvalue weighted by molar-refractivity contribution is 5.75. The molecule has 100 valence electrons. The van der Waals surface area contributed by atoms with Crippen molar-refractivity contribution in [1.82, 2.24) is 10.6 Å². The summed E-state index contributed by atoms with van der Waals surface area (Å²) in [5, 5.41) is 15.3. The van der Waals surface area contributed by atoms with Gasteiger partial charge in [-0.15, -0.1) is 0 Å². The Morgan fingerprint density at radius 1 is 1.53 bits per heavy atom. The highest BCUT2D eigenvalue weighted by Gasteiger charge is 2.18. The lowest BCUT2D eigenvalue weighted by molar-refractivity contribution is -0.122. The van der Waals surface area contributed by atoms with E-state index in [1.165, 1.54) is 12.8 Å². The second-order valence-electron chi connectivity index (χ2n) is 5.85. The molecule has 1 aliphatic rings. The number of aliphatic hydroxyl groups excluding tert-OH is 1. The van der Waals surface area contributed by atoms with Crippen molar-refractivity contribution in [1.29, 1.82) is 0 Å². The van der Waals surface area contributed by atoms with Gasteiger partial charge in [-0.05, 0) is 38.3 Å². The van der Waals surface area contributed by atoms with Crippen LogP contribution >= 0.6 is 0 Å². The summed E-state index contributed by atoms with van der Waals surface area (Å²) in [6.07, 6.45) is 4.04. The van der Waals surface area contributed by atoms with E-state index in [2.05, 4.69) is 10.6 Å². The molecule has 1 rings (SSSR count). The highest BCUT2D eigenvalue weighted by Crippen LogP contribution is 2.16. The zero-order valence-electron chi connectivity index (χ0n) is 11.1. The second kappa shape index (κ2) is 6.97. The van der Waals surface area contributed by atoms with Crippen LogP contribution in [0.3, 0.4) is 0 Å². The fraction of sp³-hybridized carbons (Fsp3) is 0.923. The molecule has 3 N–H and O–H groups in total. The van der Waals surface area contributed by atoms with Crippen LogP contribution in [-0.2, 0) is 4.79 Å². The van der Waals surface area contributed by atoms with E-state index in [0.29, 0.717) is 18.9 Å². The summed E-state index contributed by atoms with van der Waals surface area (Å²) in [6, 6.07) is 0. The van der Waals surface area contributed by atoms with Gasteiger partial charge in [0, 0.05) is 25.0 Å². The van der Waals surface area contributed by atoms with Gasteiger partial charge in [0.2, 0.25) is 5.91 Å². The SMILES string of the molecule is CC(C)(CO)CNC(=O)CCC1CCCNC1. The molecule has 0 aromatic heterocycles. The Morgan fingerprint density at radius 3 is 2.88 bits per heavy atom. The molecular weight excluding hydrogens is 216 g/mol. The maximum Gasteiger partial charge on any atom is 0.220 e. The van der Waals surface area contributed by atoms with Gasteiger partial charge in [0.15, 0.2) is 0 Å². The Bertz CT molecular complexity index is 236. The third-order valence-corrected chi connectivity index (χ3v) is 3.37. The number of hydrogen-bond donors (Lipinski definition) is 3. The fourth-order valence-corrected chi connectivity index (χ4v) is 1.99. The number of nitrogens with one attached hydrogen (secondary N) is 2. The van der Waals surface area contributed by atoms with Crippen molar-refractivity contribution in [2.45, 2.75) is 39.5 Å². The molecule has 4 heteroatoms. The lowest BCUT2D eigenvalue weighted by atomic mass is 9.93. The van der Waals surface area contributed by atoms with Crippen LogP contribution in [0.4, 0.5) is 0 Å². The van der Waals surface area contributed by atoms with Crippen LogP contribution in [0.2, 0.25) is 0 Å². The monoisotopic (exact) mass is 242 g/mol. The van der Waals surface area contributed by atoms with Gasteiger partial charge in [-0.3, -0.25) is 4.79 Å². The average Bonchev–Trinajstić information content (AvgIpc) is 2.35. The Kier molecular flexibility index (Phi) is 5.92. The van der Waals surface area contributed by atoms with Gasteiger partial charge >= 0.3 is 0 Å². The molecule has 1 fully saturated rings. The quantitative estimate of drug-likeness (QED) is 0.648. The van der Waals surface area contributed by atoms with Crippen molar-refractivity contribution in [3.8, 4) is 0 Å². The minimum absolute atomic E-state index is 0.0970. The van der Waals surface area contributed by atoms with Crippen molar-refractivity contribution in [2.75, 3.05) is 26.2 Å². The molecule has 0 saturated carbocycles. The Balaban J connectivity index is 2.12. The number of aliphatic hydroxyl groups is 1. The summed E-state index contributed by atoms with van der Waals surface area (Å²) in [5.74, 6) is 0.762. The van der Waals surface area contributed by atoms with Crippen LogP contribution in [0, 0.1) is 11.3 Å². The molecule has 4 nitrogen and oxygen atoms in total. The summed E-state index contributed by atoms with van der Waals surface area (Å²) < 4.78 is 0. The minimum atomic E-state index is -0.220. The van der Waals surface area contributed by atoms with Gasteiger partial charge in [0.05, 0.1) is 0 Å². The van der Waals surface area contributed by atoms with Gasteiger partial charge in [-0.1, -0.05) is 13.8 Å². The first kappa shape index (κ1) is 14.5. The van der Waals surface area contributed by atoms with Crippen LogP contribution in [0.1, 0.15) is 39.5 Å². The Labute approximate surface area is 104 Å². The number of amides is 1. The normalized spacial score (nSPS) is 21.2. The van der Waals surface area contributed by atoms with Crippen LogP contribution in [-0.4, -0.2) is 37.3 Å². The van der Waals surface area contributed by atoms with Crippen molar-refractivity contribution in [2.24, 2.45) is 11.3 Å². The summed E-state index contributed by atoms with van der Waals surface area (Å²) >= 11 is 0. The number of carbonyl (C=O) groups is 1. The molecule has 0 bridgehead atoms. The zero-order chi connectivity index (χ0) is 12.7. The average molecular weight is 242 g/mol. The van der Waals surface area contributed by atoms with E-state index >= 15 is 0 Å². The summed E-state index contributed by atoms with van der Waals surface area (Å²) in [6.45, 7) is 6.70. The van der Waals surface area contributed by atoms with Crippen LogP contribution in [0.15, 0.2) is 0 Å². The number of carbonyl (C=O) groups excluding carboxylic acids is 1. The topological polar surface area (TPSA) is 61.4 Å². The molecule has 1 heterocycles. The largest absolute Gasteiger partial charge is 0.396 e. The molecule has 1 saturated heterocycles. The van der Waals surface area contributed by atoms with Crippen molar-refractivity contribution in [3.63, 3.8) is 0 Å². The molecule has 1 atom stereocenters. The number of piperidine rings is 1. The maximum absolute atomic E-state index is 11.6. The van der Waals surface area contributed by atoms with Gasteiger partial charge in [0.1, 0.15) is 0 Å². The molecule has 1 unspecified atom stereocenters. The lowest BCUT2D eigenvalue weighted by Crippen LogP contribution is -2.36.